The van der Waals surface area contributed by atoms with Gasteiger partial charge in [-0.05, 0) is 42.0 Å². The van der Waals surface area contributed by atoms with Crippen molar-refractivity contribution in [2.24, 2.45) is 23.7 Å². The van der Waals surface area contributed by atoms with E-state index >= 15 is 0 Å². The quantitative estimate of drug-likeness (QED) is 0.619. The predicted octanol–water partition coefficient (Wildman–Crippen LogP) is 3.83. The van der Waals surface area contributed by atoms with Crippen molar-refractivity contribution < 1.29 is 14.4 Å². The molecule has 0 spiro atoms. The molecule has 5 nitrogen and oxygen atoms in total. The summed E-state index contributed by atoms with van der Waals surface area (Å²) in [6.45, 7) is 0. The summed E-state index contributed by atoms with van der Waals surface area (Å²) in [7, 11) is 0. The normalized spacial score (nSPS) is 26.9. The second-order valence-electron chi connectivity index (χ2n) is 7.89. The lowest BCUT2D eigenvalue weighted by molar-refractivity contribution is -0.123. The highest BCUT2D eigenvalue weighted by Crippen LogP contribution is 2.53. The molecule has 1 aliphatic heterocycles. The van der Waals surface area contributed by atoms with E-state index in [1.54, 1.807) is 18.2 Å². The number of amides is 3. The number of carbonyl (C=O) groups is 3. The lowest BCUT2D eigenvalue weighted by Gasteiger charge is -2.19. The van der Waals surface area contributed by atoms with Gasteiger partial charge in [0.15, 0.2) is 0 Å². The van der Waals surface area contributed by atoms with Crippen LogP contribution in [0.15, 0.2) is 60.7 Å². The number of hydrogen-bond acceptors (Lipinski definition) is 3. The maximum Gasteiger partial charge on any atom is 0.238 e. The molecule has 1 saturated heterocycles. The Morgan fingerprint density at radius 3 is 2.31 bits per heavy atom. The van der Waals surface area contributed by atoms with Crippen LogP contribution in [0.4, 0.5) is 11.4 Å². The average molecular weight is 407 g/mol. The molecule has 29 heavy (non-hydrogen) atoms. The van der Waals surface area contributed by atoms with Gasteiger partial charge in [-0.2, -0.15) is 0 Å². The predicted molar refractivity (Wildman–Crippen MR) is 110 cm³/mol. The van der Waals surface area contributed by atoms with Gasteiger partial charge < -0.3 is 5.32 Å². The third kappa shape index (κ3) is 2.97. The molecular weight excluding hydrogens is 388 g/mol. The Morgan fingerprint density at radius 1 is 1.00 bits per heavy atom. The van der Waals surface area contributed by atoms with Gasteiger partial charge in [-0.1, -0.05) is 54.1 Å². The molecule has 2 bridgehead atoms. The highest BCUT2D eigenvalue weighted by atomic mass is 35.5. The minimum absolute atomic E-state index is 0.152. The van der Waals surface area contributed by atoms with Gasteiger partial charge in [0.25, 0.3) is 0 Å². The SMILES string of the molecule is O=C(Cc1ccccc1)Nc1cc(N2C(=O)[C@@H]3[C@H](C2=O)[C@@H]2C=C[C@H]3C2)ccc1Cl. The summed E-state index contributed by atoms with van der Waals surface area (Å²) in [5, 5.41) is 3.16. The molecule has 3 aliphatic rings. The Morgan fingerprint density at radius 2 is 1.66 bits per heavy atom. The first-order valence-electron chi connectivity index (χ1n) is 9.72. The molecule has 0 unspecified atom stereocenters. The minimum Gasteiger partial charge on any atom is -0.324 e. The van der Waals surface area contributed by atoms with Crippen LogP contribution in [0.25, 0.3) is 0 Å². The van der Waals surface area contributed by atoms with E-state index in [-0.39, 0.29) is 47.8 Å². The van der Waals surface area contributed by atoms with Gasteiger partial charge in [0.2, 0.25) is 17.7 Å². The van der Waals surface area contributed by atoms with Crippen molar-refractivity contribution in [1.82, 2.24) is 0 Å². The summed E-state index contributed by atoms with van der Waals surface area (Å²) in [5.74, 6) is -0.726. The summed E-state index contributed by atoms with van der Waals surface area (Å²) in [6.07, 6.45) is 5.24. The number of nitrogens with one attached hydrogen (secondary N) is 1. The number of carbonyl (C=O) groups excluding carboxylic acids is 3. The smallest absolute Gasteiger partial charge is 0.238 e. The van der Waals surface area contributed by atoms with Gasteiger partial charge in [0, 0.05) is 0 Å². The Hall–Kier alpha value is -2.92. The van der Waals surface area contributed by atoms with Crippen molar-refractivity contribution in [3.05, 3.63) is 71.3 Å². The van der Waals surface area contributed by atoms with Gasteiger partial charge >= 0.3 is 0 Å². The molecule has 6 heteroatoms. The Labute approximate surface area is 173 Å². The highest BCUT2D eigenvalue weighted by molar-refractivity contribution is 6.34. The lowest BCUT2D eigenvalue weighted by Crippen LogP contribution is -2.32. The van der Waals surface area contributed by atoms with Gasteiger partial charge in [-0.25, -0.2) is 4.90 Å². The first kappa shape index (κ1) is 18.1. The van der Waals surface area contributed by atoms with Gasteiger partial charge in [0.05, 0.1) is 34.7 Å². The first-order chi connectivity index (χ1) is 14.0. The average Bonchev–Trinajstić information content (AvgIpc) is 3.38. The molecule has 4 atom stereocenters. The number of anilines is 2. The van der Waals surface area contributed by atoms with Crippen molar-refractivity contribution in [2.45, 2.75) is 12.8 Å². The van der Waals surface area contributed by atoms with Crippen LogP contribution in [0.5, 0.6) is 0 Å². The van der Waals surface area contributed by atoms with E-state index in [9.17, 15) is 14.4 Å². The molecule has 2 aromatic rings. The number of benzene rings is 2. The number of nitrogens with zero attached hydrogens (tertiary/aromatic N) is 1. The topological polar surface area (TPSA) is 66.5 Å². The van der Waals surface area contributed by atoms with E-state index in [0.717, 1.165) is 12.0 Å². The molecule has 0 aromatic heterocycles. The fourth-order valence-electron chi connectivity index (χ4n) is 4.88. The minimum atomic E-state index is -0.260. The maximum absolute atomic E-state index is 13.0. The molecule has 2 aliphatic carbocycles. The van der Waals surface area contributed by atoms with E-state index in [0.29, 0.717) is 16.4 Å². The summed E-state index contributed by atoms with van der Waals surface area (Å²) in [5.41, 5.74) is 1.73. The van der Waals surface area contributed by atoms with Crippen LogP contribution in [0.2, 0.25) is 5.02 Å². The van der Waals surface area contributed by atoms with E-state index in [4.69, 9.17) is 11.6 Å². The molecule has 0 radical (unpaired) electrons. The zero-order chi connectivity index (χ0) is 20.1. The molecular formula is C23H19ClN2O3. The molecule has 1 heterocycles. The monoisotopic (exact) mass is 406 g/mol. The molecule has 2 aromatic carbocycles. The second kappa shape index (κ2) is 6.85. The molecule has 3 amide bonds. The zero-order valence-corrected chi connectivity index (χ0v) is 16.3. The van der Waals surface area contributed by atoms with Gasteiger partial charge in [-0.3, -0.25) is 14.4 Å². The van der Waals surface area contributed by atoms with Gasteiger partial charge in [0.1, 0.15) is 0 Å². The first-order valence-corrected chi connectivity index (χ1v) is 10.1. The highest BCUT2D eigenvalue weighted by Gasteiger charge is 2.59. The van der Waals surface area contributed by atoms with Crippen LogP contribution in [0.3, 0.4) is 0 Å². The summed E-state index contributed by atoms with van der Waals surface area (Å²) >= 11 is 6.26. The van der Waals surface area contributed by atoms with Crippen molar-refractivity contribution in [3.63, 3.8) is 0 Å². The largest absolute Gasteiger partial charge is 0.324 e. The number of allylic oxidation sites excluding steroid dienone is 2. The second-order valence-corrected chi connectivity index (χ2v) is 8.29. The van der Waals surface area contributed by atoms with Crippen LogP contribution >= 0.6 is 11.6 Å². The van der Waals surface area contributed by atoms with Crippen molar-refractivity contribution in [3.8, 4) is 0 Å². The Kier molecular flexibility index (Phi) is 4.28. The zero-order valence-electron chi connectivity index (χ0n) is 15.5. The van der Waals surface area contributed by atoms with Crippen LogP contribution in [0, 0.1) is 23.7 Å². The number of rotatable bonds is 4. The number of hydrogen-bond donors (Lipinski definition) is 1. The number of halogens is 1. The summed E-state index contributed by atoms with van der Waals surface area (Å²) in [6, 6.07) is 14.3. The molecule has 1 N–H and O–H groups in total. The van der Waals surface area contributed by atoms with Crippen LogP contribution < -0.4 is 10.2 Å². The molecule has 5 rings (SSSR count). The molecule has 1 saturated carbocycles. The molecule has 146 valence electrons. The van der Waals surface area contributed by atoms with Crippen LogP contribution in [0.1, 0.15) is 12.0 Å². The van der Waals surface area contributed by atoms with E-state index < -0.39 is 0 Å². The fraction of sp³-hybridized carbons (Fsp3) is 0.261. The standard InChI is InChI=1S/C23H19ClN2O3/c24-17-9-8-16(12-18(17)25-19(27)10-13-4-2-1-3-5-13)26-22(28)20-14-6-7-15(11-14)21(20)23(26)29/h1-9,12,14-15,20-21H,10-11H2,(H,25,27)/t14-,15+,20-,21+. The third-order valence-corrected chi connectivity index (χ3v) is 6.49. The van der Waals surface area contributed by atoms with E-state index in [2.05, 4.69) is 17.5 Å². The van der Waals surface area contributed by atoms with Crippen LogP contribution in [-0.2, 0) is 20.8 Å². The number of fused-ring (bicyclic) bond motifs is 5. The summed E-state index contributed by atoms with van der Waals surface area (Å²) in [4.78, 5) is 39.7. The van der Waals surface area contributed by atoms with Crippen molar-refractivity contribution in [2.75, 3.05) is 10.2 Å². The van der Waals surface area contributed by atoms with Crippen molar-refractivity contribution >= 4 is 40.7 Å². The third-order valence-electron chi connectivity index (χ3n) is 6.16. The fourth-order valence-corrected chi connectivity index (χ4v) is 5.05. The molecule has 2 fully saturated rings. The summed E-state index contributed by atoms with van der Waals surface area (Å²) < 4.78 is 0. The lowest BCUT2D eigenvalue weighted by atomic mass is 9.85. The van der Waals surface area contributed by atoms with Gasteiger partial charge in [-0.15, -0.1) is 0 Å². The number of imide groups is 1. The Bertz CT molecular complexity index is 1020. The van der Waals surface area contributed by atoms with E-state index in [1.165, 1.54) is 4.90 Å². The Balaban J connectivity index is 1.38. The van der Waals surface area contributed by atoms with E-state index in [1.807, 2.05) is 30.3 Å². The van der Waals surface area contributed by atoms with Crippen molar-refractivity contribution in [1.29, 1.82) is 0 Å². The maximum atomic E-state index is 13.0. The van der Waals surface area contributed by atoms with Crippen LogP contribution in [-0.4, -0.2) is 17.7 Å².